The predicted molar refractivity (Wildman–Crippen MR) is 58.8 cm³/mol. The van der Waals surface area contributed by atoms with Gasteiger partial charge in [-0.25, -0.2) is 0 Å². The van der Waals surface area contributed by atoms with Gasteiger partial charge >= 0.3 is 5.97 Å². The van der Waals surface area contributed by atoms with Gasteiger partial charge in [0.2, 0.25) is 0 Å². The minimum absolute atomic E-state index is 0.141. The van der Waals surface area contributed by atoms with Crippen molar-refractivity contribution in [1.82, 2.24) is 0 Å². The smallest absolute Gasteiger partial charge is 0.306 e. The lowest BCUT2D eigenvalue weighted by Gasteiger charge is -2.09. The number of para-hydroxylation sites is 1. The topological polar surface area (TPSA) is 39.4 Å². The number of cyclic esters (lactones) is 1. The molecule has 3 nitrogen and oxygen atoms in total. The summed E-state index contributed by atoms with van der Waals surface area (Å²) in [7, 11) is 0. The molecular formula is C13H12O3. The number of carbonyl (C=O) groups excluding carboxylic acids is 1. The van der Waals surface area contributed by atoms with E-state index in [0.717, 1.165) is 16.7 Å². The third-order valence-electron chi connectivity index (χ3n) is 2.99. The molecule has 2 heterocycles. The number of esters is 1. The van der Waals surface area contributed by atoms with Gasteiger partial charge in [0.15, 0.2) is 6.10 Å². The summed E-state index contributed by atoms with van der Waals surface area (Å²) in [4.78, 5) is 11.2. The number of hydrogen-bond donors (Lipinski definition) is 0. The van der Waals surface area contributed by atoms with E-state index in [2.05, 4.69) is 0 Å². The van der Waals surface area contributed by atoms with Crippen LogP contribution in [-0.4, -0.2) is 5.97 Å². The number of ether oxygens (including phenoxy) is 1. The minimum Gasteiger partial charge on any atom is -0.457 e. The molecule has 0 aliphatic carbocycles. The lowest BCUT2D eigenvalue weighted by atomic mass is 10.0. The fourth-order valence-electron chi connectivity index (χ4n) is 2.16. The molecule has 16 heavy (non-hydrogen) atoms. The molecule has 1 saturated heterocycles. The summed E-state index contributed by atoms with van der Waals surface area (Å²) in [6, 6.07) is 9.75. The Morgan fingerprint density at radius 3 is 2.81 bits per heavy atom. The molecule has 0 bridgehead atoms. The standard InChI is InChI=1S/C13H12O3/c1-8-6-12(14)16-13(8)11-7-9-4-2-3-5-10(9)15-11/h2-5,7-8,13H,6H2,1H3/t8-,13+/m1/s1. The average molecular weight is 216 g/mol. The van der Waals surface area contributed by atoms with Gasteiger partial charge in [-0.1, -0.05) is 25.1 Å². The first kappa shape index (κ1) is 9.46. The second-order valence-corrected chi connectivity index (χ2v) is 4.28. The van der Waals surface area contributed by atoms with Crippen LogP contribution in [0.1, 0.15) is 25.2 Å². The number of carbonyl (C=O) groups is 1. The lowest BCUT2D eigenvalue weighted by Crippen LogP contribution is -2.02. The summed E-state index contributed by atoms with van der Waals surface area (Å²) in [5, 5.41) is 1.05. The molecule has 1 aromatic heterocycles. The Morgan fingerprint density at radius 1 is 1.31 bits per heavy atom. The van der Waals surface area contributed by atoms with Crippen molar-refractivity contribution in [2.24, 2.45) is 5.92 Å². The van der Waals surface area contributed by atoms with Crippen LogP contribution < -0.4 is 0 Å². The van der Waals surface area contributed by atoms with Gasteiger partial charge in [0, 0.05) is 11.3 Å². The first-order chi connectivity index (χ1) is 7.74. The summed E-state index contributed by atoms with van der Waals surface area (Å²) < 4.78 is 10.9. The second kappa shape index (κ2) is 3.37. The quantitative estimate of drug-likeness (QED) is 0.688. The van der Waals surface area contributed by atoms with Crippen LogP contribution in [0.2, 0.25) is 0 Å². The van der Waals surface area contributed by atoms with Gasteiger partial charge in [-0.05, 0) is 12.1 Å². The van der Waals surface area contributed by atoms with Gasteiger partial charge in [0.25, 0.3) is 0 Å². The Balaban J connectivity index is 2.03. The number of rotatable bonds is 1. The SMILES string of the molecule is C[C@@H]1CC(=O)O[C@@H]1c1cc2ccccc2o1. The summed E-state index contributed by atoms with van der Waals surface area (Å²) in [5.74, 6) is 0.797. The van der Waals surface area contributed by atoms with Crippen LogP contribution in [0.25, 0.3) is 11.0 Å². The van der Waals surface area contributed by atoms with Crippen molar-refractivity contribution < 1.29 is 13.9 Å². The van der Waals surface area contributed by atoms with E-state index in [4.69, 9.17) is 9.15 Å². The summed E-state index contributed by atoms with van der Waals surface area (Å²) in [6.45, 7) is 2.00. The zero-order valence-electron chi connectivity index (χ0n) is 8.97. The Bertz CT molecular complexity index is 508. The molecule has 0 spiro atoms. The molecule has 0 N–H and O–H groups in total. The number of furan rings is 1. The largest absolute Gasteiger partial charge is 0.457 e. The maximum atomic E-state index is 11.2. The molecule has 1 fully saturated rings. The molecule has 2 aromatic rings. The maximum absolute atomic E-state index is 11.2. The Morgan fingerprint density at radius 2 is 2.12 bits per heavy atom. The highest BCUT2D eigenvalue weighted by Crippen LogP contribution is 2.37. The van der Waals surface area contributed by atoms with Crippen LogP contribution in [0.4, 0.5) is 0 Å². The number of benzene rings is 1. The van der Waals surface area contributed by atoms with E-state index in [9.17, 15) is 4.79 Å². The van der Waals surface area contributed by atoms with Crippen molar-refractivity contribution in [2.75, 3.05) is 0 Å². The van der Waals surface area contributed by atoms with E-state index in [0.29, 0.717) is 6.42 Å². The van der Waals surface area contributed by atoms with E-state index < -0.39 is 0 Å². The normalized spacial score (nSPS) is 24.9. The van der Waals surface area contributed by atoms with Crippen molar-refractivity contribution in [1.29, 1.82) is 0 Å². The van der Waals surface area contributed by atoms with Crippen molar-refractivity contribution >= 4 is 16.9 Å². The van der Waals surface area contributed by atoms with Crippen LogP contribution in [0.3, 0.4) is 0 Å². The molecule has 2 atom stereocenters. The molecule has 0 unspecified atom stereocenters. The van der Waals surface area contributed by atoms with Crippen molar-refractivity contribution in [3.05, 3.63) is 36.1 Å². The highest BCUT2D eigenvalue weighted by molar-refractivity contribution is 5.78. The van der Waals surface area contributed by atoms with Crippen LogP contribution in [0.15, 0.2) is 34.7 Å². The monoisotopic (exact) mass is 216 g/mol. The molecule has 0 radical (unpaired) electrons. The molecular weight excluding hydrogens is 204 g/mol. The Hall–Kier alpha value is -1.77. The van der Waals surface area contributed by atoms with Crippen LogP contribution in [0.5, 0.6) is 0 Å². The van der Waals surface area contributed by atoms with Crippen LogP contribution >= 0.6 is 0 Å². The Kier molecular flexibility index (Phi) is 1.99. The van der Waals surface area contributed by atoms with Crippen LogP contribution in [0, 0.1) is 5.92 Å². The average Bonchev–Trinajstić information content (AvgIpc) is 2.81. The highest BCUT2D eigenvalue weighted by Gasteiger charge is 2.34. The molecule has 1 aromatic carbocycles. The molecule has 1 aliphatic rings. The van der Waals surface area contributed by atoms with Crippen LogP contribution in [-0.2, 0) is 9.53 Å². The van der Waals surface area contributed by atoms with Gasteiger partial charge in [-0.2, -0.15) is 0 Å². The summed E-state index contributed by atoms with van der Waals surface area (Å²) in [6.07, 6.45) is 0.252. The van der Waals surface area contributed by atoms with Gasteiger partial charge in [-0.3, -0.25) is 4.79 Å². The predicted octanol–water partition coefficient (Wildman–Crippen LogP) is 3.06. The number of hydrogen-bond acceptors (Lipinski definition) is 3. The van der Waals surface area contributed by atoms with E-state index in [1.54, 1.807) is 0 Å². The summed E-state index contributed by atoms with van der Waals surface area (Å²) in [5.41, 5.74) is 0.840. The first-order valence-electron chi connectivity index (χ1n) is 5.42. The van der Waals surface area contributed by atoms with Crippen molar-refractivity contribution in [2.45, 2.75) is 19.4 Å². The maximum Gasteiger partial charge on any atom is 0.306 e. The molecule has 0 amide bonds. The highest BCUT2D eigenvalue weighted by atomic mass is 16.6. The number of fused-ring (bicyclic) bond motifs is 1. The van der Waals surface area contributed by atoms with E-state index in [1.165, 1.54) is 0 Å². The van der Waals surface area contributed by atoms with Gasteiger partial charge in [0.05, 0.1) is 6.42 Å². The van der Waals surface area contributed by atoms with Gasteiger partial charge in [0.1, 0.15) is 11.3 Å². The third-order valence-corrected chi connectivity index (χ3v) is 2.99. The van der Waals surface area contributed by atoms with E-state index >= 15 is 0 Å². The lowest BCUT2D eigenvalue weighted by molar-refractivity contribution is -0.142. The first-order valence-corrected chi connectivity index (χ1v) is 5.42. The zero-order valence-corrected chi connectivity index (χ0v) is 8.97. The molecule has 82 valence electrons. The van der Waals surface area contributed by atoms with Crippen molar-refractivity contribution in [3.63, 3.8) is 0 Å². The fraction of sp³-hybridized carbons (Fsp3) is 0.308. The molecule has 3 heteroatoms. The zero-order chi connectivity index (χ0) is 11.1. The van der Waals surface area contributed by atoms with Gasteiger partial charge < -0.3 is 9.15 Å². The van der Waals surface area contributed by atoms with Crippen molar-refractivity contribution in [3.8, 4) is 0 Å². The van der Waals surface area contributed by atoms with E-state index in [-0.39, 0.29) is 18.0 Å². The third kappa shape index (κ3) is 1.40. The molecule has 0 saturated carbocycles. The Labute approximate surface area is 93.0 Å². The molecule has 1 aliphatic heterocycles. The molecule has 3 rings (SSSR count). The minimum atomic E-state index is -0.222. The second-order valence-electron chi connectivity index (χ2n) is 4.28. The van der Waals surface area contributed by atoms with Gasteiger partial charge in [-0.15, -0.1) is 0 Å². The fourth-order valence-corrected chi connectivity index (χ4v) is 2.16. The summed E-state index contributed by atoms with van der Waals surface area (Å²) >= 11 is 0. The van der Waals surface area contributed by atoms with E-state index in [1.807, 2.05) is 37.3 Å².